The highest BCUT2D eigenvalue weighted by molar-refractivity contribution is 6.92. The van der Waals surface area contributed by atoms with Crippen molar-refractivity contribution >= 4 is 36.2 Å². The highest BCUT2D eigenvalue weighted by atomic mass is 28.4. The minimum absolute atomic E-state index is 0.330. The SMILES string of the molecule is C=C([Si]O[Si](C)(C)C)[Si](C)(C)O[Si]COCC1CO1. The van der Waals surface area contributed by atoms with Crippen molar-refractivity contribution in [2.24, 2.45) is 0 Å². The molecule has 0 aromatic carbocycles. The van der Waals surface area contributed by atoms with Gasteiger partial charge in [-0.2, -0.15) is 0 Å². The highest BCUT2D eigenvalue weighted by Gasteiger charge is 2.29. The van der Waals surface area contributed by atoms with Crippen LogP contribution in [0.2, 0.25) is 32.7 Å². The summed E-state index contributed by atoms with van der Waals surface area (Å²) in [6.45, 7) is 16.6. The Balaban J connectivity index is 2.15. The van der Waals surface area contributed by atoms with Gasteiger partial charge in [-0.3, -0.25) is 0 Å². The first-order valence-electron chi connectivity index (χ1n) is 6.44. The predicted octanol–water partition coefficient (Wildman–Crippen LogP) is 1.72. The van der Waals surface area contributed by atoms with Gasteiger partial charge in [-0.25, -0.2) is 0 Å². The van der Waals surface area contributed by atoms with E-state index in [2.05, 4.69) is 39.3 Å². The van der Waals surface area contributed by atoms with Gasteiger partial charge in [-0.1, -0.05) is 0 Å². The van der Waals surface area contributed by atoms with E-state index >= 15 is 0 Å². The normalized spacial score (nSPS) is 19.5. The van der Waals surface area contributed by atoms with Crippen molar-refractivity contribution in [1.82, 2.24) is 0 Å². The zero-order chi connectivity index (χ0) is 14.5. The summed E-state index contributed by atoms with van der Waals surface area (Å²) in [6.07, 6.45) is 0.985. The zero-order valence-electron chi connectivity index (χ0n) is 12.5. The lowest BCUT2D eigenvalue weighted by Crippen LogP contribution is -2.41. The van der Waals surface area contributed by atoms with Gasteiger partial charge in [0.25, 0.3) is 0 Å². The molecule has 0 N–H and O–H groups in total. The molecule has 4 radical (unpaired) electrons. The second-order valence-corrected chi connectivity index (χ2v) is 17.4. The second-order valence-electron chi connectivity index (χ2n) is 6.02. The molecule has 1 unspecified atom stereocenters. The summed E-state index contributed by atoms with van der Waals surface area (Å²) >= 11 is 0. The van der Waals surface area contributed by atoms with Crippen molar-refractivity contribution in [2.45, 2.75) is 38.8 Å². The van der Waals surface area contributed by atoms with Crippen LogP contribution in [-0.2, 0) is 17.7 Å². The molecule has 1 saturated heterocycles. The molecule has 1 rings (SSSR count). The molecule has 0 aromatic rings. The molecule has 1 heterocycles. The van der Waals surface area contributed by atoms with Gasteiger partial charge in [-0.05, 0) is 37.6 Å². The van der Waals surface area contributed by atoms with Crippen LogP contribution in [0.1, 0.15) is 0 Å². The topological polar surface area (TPSA) is 40.2 Å². The van der Waals surface area contributed by atoms with Gasteiger partial charge in [0.05, 0.1) is 19.4 Å². The van der Waals surface area contributed by atoms with Crippen LogP contribution in [0.3, 0.4) is 0 Å². The third kappa shape index (κ3) is 8.35. The Morgan fingerprint density at radius 1 is 1.26 bits per heavy atom. The second kappa shape index (κ2) is 7.45. The molecule has 0 saturated carbocycles. The fourth-order valence-corrected chi connectivity index (χ4v) is 7.00. The summed E-state index contributed by atoms with van der Waals surface area (Å²) in [7, 11) is -2.57. The minimum atomic E-state index is -1.85. The molecule has 1 aliphatic rings. The standard InChI is InChI=1S/C11H24O4Si4/c1-10(17-15-18(2,3)4)19(5,6)14-16-9-12-7-11-8-13-11/h11H,1,7-9H2,2-6H3. The molecule has 0 spiro atoms. The van der Waals surface area contributed by atoms with Crippen molar-refractivity contribution in [1.29, 1.82) is 0 Å². The highest BCUT2D eigenvalue weighted by Crippen LogP contribution is 2.15. The van der Waals surface area contributed by atoms with Gasteiger partial charge in [0.2, 0.25) is 19.5 Å². The Morgan fingerprint density at radius 3 is 2.42 bits per heavy atom. The Labute approximate surface area is 124 Å². The molecule has 0 bridgehead atoms. The van der Waals surface area contributed by atoms with Crippen LogP contribution in [0.25, 0.3) is 0 Å². The quantitative estimate of drug-likeness (QED) is 0.347. The molecule has 19 heavy (non-hydrogen) atoms. The Hall–Kier alpha value is 0.448. The molecular weight excluding hydrogens is 308 g/mol. The van der Waals surface area contributed by atoms with Crippen LogP contribution in [0.4, 0.5) is 0 Å². The van der Waals surface area contributed by atoms with E-state index in [1.54, 1.807) is 0 Å². The predicted molar refractivity (Wildman–Crippen MR) is 84.2 cm³/mol. The summed E-state index contributed by atoms with van der Waals surface area (Å²) in [5.41, 5.74) is 0. The third-order valence-electron chi connectivity index (χ3n) is 2.40. The number of hydrogen-bond donors (Lipinski definition) is 0. The monoisotopic (exact) mass is 332 g/mol. The van der Waals surface area contributed by atoms with E-state index in [1.165, 1.54) is 0 Å². The first-order valence-corrected chi connectivity index (χ1v) is 14.8. The van der Waals surface area contributed by atoms with E-state index in [0.717, 1.165) is 11.4 Å². The molecule has 1 fully saturated rings. The van der Waals surface area contributed by atoms with Gasteiger partial charge in [0.1, 0.15) is 6.10 Å². The number of hydrogen-bond acceptors (Lipinski definition) is 4. The lowest BCUT2D eigenvalue weighted by molar-refractivity contribution is 0.149. The van der Waals surface area contributed by atoms with Crippen LogP contribution < -0.4 is 0 Å². The zero-order valence-corrected chi connectivity index (χ0v) is 16.5. The Morgan fingerprint density at radius 2 is 1.89 bits per heavy atom. The molecule has 0 aromatic heterocycles. The summed E-state index contributed by atoms with van der Waals surface area (Å²) in [4.78, 5) is 1.15. The maximum atomic E-state index is 6.00. The van der Waals surface area contributed by atoms with E-state index < -0.39 is 16.6 Å². The summed E-state index contributed by atoms with van der Waals surface area (Å²) in [5, 5.41) is 0. The number of epoxide rings is 1. The van der Waals surface area contributed by atoms with Crippen LogP contribution >= 0.6 is 0 Å². The van der Waals surface area contributed by atoms with Gasteiger partial charge >= 0.3 is 0 Å². The van der Waals surface area contributed by atoms with E-state index in [0.29, 0.717) is 38.5 Å². The van der Waals surface area contributed by atoms with E-state index in [1.807, 2.05) is 0 Å². The Bertz CT molecular complexity index is 300. The molecule has 4 nitrogen and oxygen atoms in total. The van der Waals surface area contributed by atoms with Crippen LogP contribution in [0.15, 0.2) is 11.4 Å². The minimum Gasteiger partial charge on any atom is -0.453 e. The molecule has 108 valence electrons. The maximum absolute atomic E-state index is 6.00. The molecular formula is C11H24O4Si4. The first-order chi connectivity index (χ1) is 8.71. The molecule has 0 amide bonds. The lowest BCUT2D eigenvalue weighted by atomic mass is 10.5. The van der Waals surface area contributed by atoms with Crippen molar-refractivity contribution in [3.8, 4) is 0 Å². The van der Waals surface area contributed by atoms with Gasteiger partial charge < -0.3 is 17.7 Å². The summed E-state index contributed by atoms with van der Waals surface area (Å²) < 4.78 is 22.5. The van der Waals surface area contributed by atoms with E-state index in [9.17, 15) is 0 Å². The fraction of sp³-hybridized carbons (Fsp3) is 0.818. The van der Waals surface area contributed by atoms with Crippen LogP contribution in [-0.4, -0.2) is 61.7 Å². The smallest absolute Gasteiger partial charge is 0.249 e. The first kappa shape index (κ1) is 17.5. The van der Waals surface area contributed by atoms with Gasteiger partial charge in [0, 0.05) is 0 Å². The molecule has 0 aliphatic carbocycles. The van der Waals surface area contributed by atoms with Crippen LogP contribution in [0.5, 0.6) is 0 Å². The Kier molecular flexibility index (Phi) is 6.87. The van der Waals surface area contributed by atoms with E-state index in [4.69, 9.17) is 17.7 Å². The van der Waals surface area contributed by atoms with Gasteiger partial charge in [-0.15, -0.1) is 6.58 Å². The summed E-state index contributed by atoms with van der Waals surface area (Å²) in [6, 6.07) is 0. The van der Waals surface area contributed by atoms with Gasteiger partial charge in [0.15, 0.2) is 16.6 Å². The lowest BCUT2D eigenvalue weighted by Gasteiger charge is -2.27. The van der Waals surface area contributed by atoms with Crippen molar-refractivity contribution in [2.75, 3.05) is 19.4 Å². The fourth-order valence-electron chi connectivity index (χ4n) is 1.01. The third-order valence-corrected chi connectivity index (χ3v) is 12.0. The average Bonchev–Trinajstić information content (AvgIpc) is 3.08. The molecule has 1 atom stereocenters. The number of ether oxygens (including phenoxy) is 2. The largest absolute Gasteiger partial charge is 0.453 e. The number of rotatable bonds is 10. The summed E-state index contributed by atoms with van der Waals surface area (Å²) in [5.74, 6) is 0. The van der Waals surface area contributed by atoms with Crippen molar-refractivity contribution in [3.63, 3.8) is 0 Å². The van der Waals surface area contributed by atoms with Crippen LogP contribution in [0, 0.1) is 0 Å². The van der Waals surface area contributed by atoms with Crippen molar-refractivity contribution in [3.05, 3.63) is 11.4 Å². The average molecular weight is 333 g/mol. The molecule has 8 heteroatoms. The maximum Gasteiger partial charge on any atom is 0.249 e. The molecule has 1 aliphatic heterocycles. The van der Waals surface area contributed by atoms with Crippen molar-refractivity contribution < 1.29 is 17.7 Å². The van der Waals surface area contributed by atoms with E-state index in [-0.39, 0.29) is 0 Å².